The quantitative estimate of drug-likeness (QED) is 0.0261. The second kappa shape index (κ2) is 58.2. The first kappa shape index (κ1) is 66.6. The molecule has 0 spiro atoms. The summed E-state index contributed by atoms with van der Waals surface area (Å²) in [5.41, 5.74) is 0. The molecule has 0 radical (unpaired) electrons. The van der Waals surface area contributed by atoms with Crippen molar-refractivity contribution in [1.82, 2.24) is 0 Å². The van der Waals surface area contributed by atoms with Gasteiger partial charge in [0.15, 0.2) is 6.10 Å². The summed E-state index contributed by atoms with van der Waals surface area (Å²) >= 11 is 0. The molecular weight excluding hydrogens is 865 g/mol. The Balaban J connectivity index is 4.32. The van der Waals surface area contributed by atoms with Gasteiger partial charge in [0.1, 0.15) is 13.2 Å². The fourth-order valence-corrected chi connectivity index (χ4v) is 8.21. The van der Waals surface area contributed by atoms with Crippen LogP contribution in [0.3, 0.4) is 0 Å². The van der Waals surface area contributed by atoms with Crippen LogP contribution in [-0.4, -0.2) is 37.2 Å². The summed E-state index contributed by atoms with van der Waals surface area (Å²) in [6.07, 6.45) is 75.8. The monoisotopic (exact) mass is 975 g/mol. The van der Waals surface area contributed by atoms with Gasteiger partial charge < -0.3 is 14.2 Å². The molecule has 1 unspecified atom stereocenters. The second-order valence-electron chi connectivity index (χ2n) is 19.5. The number of carbonyl (C=O) groups excluding carboxylic acids is 3. The van der Waals surface area contributed by atoms with Gasteiger partial charge in [-0.05, 0) is 96.3 Å². The van der Waals surface area contributed by atoms with Gasteiger partial charge >= 0.3 is 17.9 Å². The molecule has 0 amide bonds. The maximum absolute atomic E-state index is 12.8. The molecule has 0 aromatic heterocycles. The third-order valence-corrected chi connectivity index (χ3v) is 12.6. The van der Waals surface area contributed by atoms with E-state index in [0.717, 1.165) is 109 Å². The van der Waals surface area contributed by atoms with Crippen molar-refractivity contribution in [2.24, 2.45) is 0 Å². The van der Waals surface area contributed by atoms with Crippen LogP contribution in [0.1, 0.15) is 284 Å². The molecule has 0 bridgehead atoms. The Morgan fingerprint density at radius 1 is 0.300 bits per heavy atom. The highest BCUT2D eigenvalue weighted by molar-refractivity contribution is 5.71. The van der Waals surface area contributed by atoms with Crippen LogP contribution in [0.4, 0.5) is 0 Å². The minimum absolute atomic E-state index is 0.0809. The Hall–Kier alpha value is -3.41. The molecule has 0 rings (SSSR count). The summed E-state index contributed by atoms with van der Waals surface area (Å²) in [7, 11) is 0. The summed E-state index contributed by atoms with van der Waals surface area (Å²) < 4.78 is 16.8. The van der Waals surface area contributed by atoms with Gasteiger partial charge in [-0.2, -0.15) is 0 Å². The molecule has 0 N–H and O–H groups in total. The van der Waals surface area contributed by atoms with E-state index in [2.05, 4.69) is 106 Å². The topological polar surface area (TPSA) is 78.9 Å². The molecule has 0 fully saturated rings. The summed E-state index contributed by atoms with van der Waals surface area (Å²) in [6.45, 7) is 6.51. The van der Waals surface area contributed by atoms with Gasteiger partial charge in [0.25, 0.3) is 0 Å². The van der Waals surface area contributed by atoms with Crippen LogP contribution in [0.15, 0.2) is 85.1 Å². The highest BCUT2D eigenvalue weighted by Crippen LogP contribution is 2.15. The summed E-state index contributed by atoms with van der Waals surface area (Å²) in [4.78, 5) is 38.1. The van der Waals surface area contributed by atoms with E-state index in [4.69, 9.17) is 14.2 Å². The van der Waals surface area contributed by atoms with Crippen molar-refractivity contribution in [2.75, 3.05) is 13.2 Å². The third kappa shape index (κ3) is 55.5. The van der Waals surface area contributed by atoms with E-state index in [0.29, 0.717) is 19.3 Å². The van der Waals surface area contributed by atoms with E-state index in [9.17, 15) is 14.4 Å². The number of unbranched alkanes of at least 4 members (excludes halogenated alkanes) is 28. The van der Waals surface area contributed by atoms with E-state index in [1.165, 1.54) is 135 Å². The standard InChI is InChI=1S/C64H110O6/c1-4-7-10-13-16-19-22-24-26-28-29-30-31-32-33-34-35-37-38-40-42-45-48-51-54-57-63(66)69-60-61(59-68-62(65)56-53-50-47-44-21-18-15-12-9-6-3)70-64(67)58-55-52-49-46-43-41-39-36-27-25-23-20-17-14-11-8-5-2/h7,10,16,19,24-27,29-30,32-33,35,37,61H,4-6,8-9,11-15,17-18,20-23,28,31,34,36,38-60H2,1-3H3/b10-7-,19-16-,26-24-,27-25-,30-29-,33-32-,37-35-. The zero-order chi connectivity index (χ0) is 50.7. The van der Waals surface area contributed by atoms with Crippen LogP contribution < -0.4 is 0 Å². The van der Waals surface area contributed by atoms with Gasteiger partial charge in [0.2, 0.25) is 0 Å². The predicted molar refractivity (Wildman–Crippen MR) is 302 cm³/mol. The molecule has 0 aromatic carbocycles. The Kier molecular flexibility index (Phi) is 55.3. The number of ether oxygens (including phenoxy) is 3. The molecule has 0 aliphatic heterocycles. The summed E-state index contributed by atoms with van der Waals surface area (Å²) in [5, 5.41) is 0. The fraction of sp³-hybridized carbons (Fsp3) is 0.734. The van der Waals surface area contributed by atoms with Gasteiger partial charge in [-0.15, -0.1) is 0 Å². The normalized spacial score (nSPS) is 12.7. The van der Waals surface area contributed by atoms with Gasteiger partial charge in [-0.1, -0.05) is 254 Å². The lowest BCUT2D eigenvalue weighted by Gasteiger charge is -2.18. The van der Waals surface area contributed by atoms with E-state index in [1.54, 1.807) is 0 Å². The van der Waals surface area contributed by atoms with Crippen molar-refractivity contribution in [3.05, 3.63) is 85.1 Å². The van der Waals surface area contributed by atoms with E-state index in [1.807, 2.05) is 0 Å². The van der Waals surface area contributed by atoms with Crippen molar-refractivity contribution in [3.8, 4) is 0 Å². The van der Waals surface area contributed by atoms with Crippen LogP contribution in [0.5, 0.6) is 0 Å². The Labute approximate surface area is 433 Å². The van der Waals surface area contributed by atoms with Gasteiger partial charge in [-0.25, -0.2) is 0 Å². The Bertz CT molecular complexity index is 1350. The molecule has 70 heavy (non-hydrogen) atoms. The molecule has 0 aliphatic rings. The zero-order valence-electron chi connectivity index (χ0n) is 46.0. The minimum atomic E-state index is -0.783. The lowest BCUT2D eigenvalue weighted by molar-refractivity contribution is -0.167. The molecule has 0 heterocycles. The van der Waals surface area contributed by atoms with Crippen LogP contribution in [0, 0.1) is 0 Å². The molecule has 0 aromatic rings. The average Bonchev–Trinajstić information content (AvgIpc) is 3.36. The number of hydrogen-bond acceptors (Lipinski definition) is 6. The number of esters is 3. The highest BCUT2D eigenvalue weighted by Gasteiger charge is 2.19. The fourth-order valence-electron chi connectivity index (χ4n) is 8.21. The third-order valence-electron chi connectivity index (χ3n) is 12.6. The Morgan fingerprint density at radius 3 is 0.886 bits per heavy atom. The van der Waals surface area contributed by atoms with Crippen LogP contribution in [0.25, 0.3) is 0 Å². The van der Waals surface area contributed by atoms with Crippen LogP contribution in [0.2, 0.25) is 0 Å². The molecule has 0 aliphatic carbocycles. The number of carbonyl (C=O) groups is 3. The predicted octanol–water partition coefficient (Wildman–Crippen LogP) is 19.9. The summed E-state index contributed by atoms with van der Waals surface area (Å²) in [5.74, 6) is -0.895. The smallest absolute Gasteiger partial charge is 0.306 e. The van der Waals surface area contributed by atoms with E-state index >= 15 is 0 Å². The first-order valence-corrected chi connectivity index (χ1v) is 29.6. The maximum Gasteiger partial charge on any atom is 0.306 e. The lowest BCUT2D eigenvalue weighted by Crippen LogP contribution is -2.30. The average molecular weight is 976 g/mol. The SMILES string of the molecule is CC/C=C\C/C=C\C/C=C\C/C=C\C/C=C\C/C=C\CCCCCCCCC(=O)OCC(COC(=O)CCCCCCCCCCCC)OC(=O)CCCCCCCCC/C=C\CCCCCCCC. The summed E-state index contributed by atoms with van der Waals surface area (Å²) in [6, 6.07) is 0. The van der Waals surface area contributed by atoms with Crippen molar-refractivity contribution >= 4 is 17.9 Å². The van der Waals surface area contributed by atoms with Crippen molar-refractivity contribution in [1.29, 1.82) is 0 Å². The molecular formula is C64H110O6. The number of hydrogen-bond donors (Lipinski definition) is 0. The van der Waals surface area contributed by atoms with Gasteiger partial charge in [0.05, 0.1) is 0 Å². The molecule has 0 saturated heterocycles. The largest absolute Gasteiger partial charge is 0.462 e. The molecule has 6 heteroatoms. The van der Waals surface area contributed by atoms with E-state index in [-0.39, 0.29) is 31.1 Å². The van der Waals surface area contributed by atoms with Crippen LogP contribution >= 0.6 is 0 Å². The molecule has 402 valence electrons. The van der Waals surface area contributed by atoms with Gasteiger partial charge in [-0.3, -0.25) is 14.4 Å². The number of rotatable bonds is 53. The van der Waals surface area contributed by atoms with Gasteiger partial charge in [0, 0.05) is 19.3 Å². The molecule has 0 saturated carbocycles. The Morgan fingerprint density at radius 2 is 0.557 bits per heavy atom. The first-order chi connectivity index (χ1) is 34.5. The number of allylic oxidation sites excluding steroid dienone is 14. The molecule has 6 nitrogen and oxygen atoms in total. The minimum Gasteiger partial charge on any atom is -0.462 e. The molecule has 1 atom stereocenters. The van der Waals surface area contributed by atoms with Crippen molar-refractivity contribution < 1.29 is 28.6 Å². The van der Waals surface area contributed by atoms with E-state index < -0.39 is 6.10 Å². The maximum atomic E-state index is 12.8. The highest BCUT2D eigenvalue weighted by atomic mass is 16.6. The first-order valence-electron chi connectivity index (χ1n) is 29.6. The van der Waals surface area contributed by atoms with Crippen molar-refractivity contribution in [3.63, 3.8) is 0 Å². The zero-order valence-corrected chi connectivity index (χ0v) is 46.0. The second-order valence-corrected chi connectivity index (χ2v) is 19.5. The van der Waals surface area contributed by atoms with Crippen LogP contribution in [-0.2, 0) is 28.6 Å². The van der Waals surface area contributed by atoms with Crippen molar-refractivity contribution in [2.45, 2.75) is 290 Å². The lowest BCUT2D eigenvalue weighted by atomic mass is 10.1.